The van der Waals surface area contributed by atoms with E-state index in [4.69, 9.17) is 5.11 Å². The minimum Gasteiger partial charge on any atom is -0.481 e. The molecule has 1 fully saturated rings. The second kappa shape index (κ2) is 3.93. The van der Waals surface area contributed by atoms with Crippen molar-refractivity contribution in [1.82, 2.24) is 0 Å². The van der Waals surface area contributed by atoms with Gasteiger partial charge in [0, 0.05) is 18.8 Å². The Kier molecular flexibility index (Phi) is 2.62. The highest BCUT2D eigenvalue weighted by Crippen LogP contribution is 2.23. The number of rotatable bonds is 2. The minimum absolute atomic E-state index is 0.202. The van der Waals surface area contributed by atoms with Crippen LogP contribution in [-0.4, -0.2) is 24.2 Å². The molecule has 0 radical (unpaired) electrons. The van der Waals surface area contributed by atoms with E-state index in [1.165, 1.54) is 5.56 Å². The highest BCUT2D eigenvalue weighted by molar-refractivity contribution is 5.72. The zero-order chi connectivity index (χ0) is 10.8. The fourth-order valence-corrected chi connectivity index (χ4v) is 1.95. The van der Waals surface area contributed by atoms with Crippen LogP contribution in [0.25, 0.3) is 0 Å². The Labute approximate surface area is 89.3 Å². The molecular formula is C12H15NO2. The molecular weight excluding hydrogens is 190 g/mol. The minimum atomic E-state index is -0.676. The fourth-order valence-electron chi connectivity index (χ4n) is 1.95. The third kappa shape index (κ3) is 2.12. The van der Waals surface area contributed by atoms with Gasteiger partial charge in [-0.15, -0.1) is 0 Å². The van der Waals surface area contributed by atoms with Crippen LogP contribution < -0.4 is 4.90 Å². The summed E-state index contributed by atoms with van der Waals surface area (Å²) in [6, 6.07) is 8.23. The van der Waals surface area contributed by atoms with Crippen LogP contribution in [0, 0.1) is 12.8 Å². The molecule has 1 saturated heterocycles. The summed E-state index contributed by atoms with van der Waals surface area (Å²) < 4.78 is 0. The van der Waals surface area contributed by atoms with Crippen molar-refractivity contribution in [2.24, 2.45) is 5.92 Å². The van der Waals surface area contributed by atoms with Gasteiger partial charge < -0.3 is 10.0 Å². The number of benzene rings is 1. The van der Waals surface area contributed by atoms with Gasteiger partial charge in [0.2, 0.25) is 0 Å². The Hall–Kier alpha value is -1.51. The predicted molar refractivity (Wildman–Crippen MR) is 59.1 cm³/mol. The third-order valence-electron chi connectivity index (χ3n) is 2.94. The topological polar surface area (TPSA) is 40.5 Å². The lowest BCUT2D eigenvalue weighted by molar-refractivity contribution is -0.140. The van der Waals surface area contributed by atoms with Crippen molar-refractivity contribution in [3.8, 4) is 0 Å². The molecule has 1 aliphatic heterocycles. The summed E-state index contributed by atoms with van der Waals surface area (Å²) in [5, 5.41) is 8.90. The van der Waals surface area contributed by atoms with E-state index in [1.54, 1.807) is 0 Å². The number of carbonyl (C=O) groups is 1. The number of anilines is 1. The van der Waals surface area contributed by atoms with Crippen LogP contribution in [0.4, 0.5) is 5.69 Å². The largest absolute Gasteiger partial charge is 0.481 e. The average Bonchev–Trinajstić information content (AvgIpc) is 2.68. The van der Waals surface area contributed by atoms with Crippen LogP contribution in [0.5, 0.6) is 0 Å². The molecule has 3 nitrogen and oxygen atoms in total. The van der Waals surface area contributed by atoms with Crippen molar-refractivity contribution in [3.05, 3.63) is 29.8 Å². The van der Waals surface area contributed by atoms with Gasteiger partial charge in [-0.1, -0.05) is 17.7 Å². The number of hydrogen-bond donors (Lipinski definition) is 1. The zero-order valence-electron chi connectivity index (χ0n) is 8.81. The van der Waals surface area contributed by atoms with Gasteiger partial charge >= 0.3 is 5.97 Å². The maximum atomic E-state index is 10.8. The lowest BCUT2D eigenvalue weighted by Gasteiger charge is -2.17. The maximum Gasteiger partial charge on any atom is 0.308 e. The molecule has 0 saturated carbocycles. The van der Waals surface area contributed by atoms with E-state index < -0.39 is 5.97 Å². The van der Waals surface area contributed by atoms with Crippen LogP contribution in [-0.2, 0) is 4.79 Å². The van der Waals surface area contributed by atoms with E-state index >= 15 is 0 Å². The molecule has 1 N–H and O–H groups in total. The van der Waals surface area contributed by atoms with E-state index in [0.717, 1.165) is 18.7 Å². The Bertz CT molecular complexity index is 358. The summed E-state index contributed by atoms with van der Waals surface area (Å²) in [4.78, 5) is 12.9. The fraction of sp³-hybridized carbons (Fsp3) is 0.417. The molecule has 1 aromatic carbocycles. The average molecular weight is 205 g/mol. The zero-order valence-corrected chi connectivity index (χ0v) is 8.81. The molecule has 0 aromatic heterocycles. The molecule has 3 heteroatoms. The maximum absolute atomic E-state index is 10.8. The van der Waals surface area contributed by atoms with Crippen LogP contribution in [0.15, 0.2) is 24.3 Å². The summed E-state index contributed by atoms with van der Waals surface area (Å²) in [5.41, 5.74) is 2.36. The van der Waals surface area contributed by atoms with E-state index in [-0.39, 0.29) is 5.92 Å². The second-order valence-corrected chi connectivity index (χ2v) is 4.11. The normalized spacial score (nSPS) is 20.6. The summed E-state index contributed by atoms with van der Waals surface area (Å²) in [6.45, 7) is 3.53. The Morgan fingerprint density at radius 1 is 1.40 bits per heavy atom. The first-order valence-corrected chi connectivity index (χ1v) is 5.21. The van der Waals surface area contributed by atoms with E-state index in [0.29, 0.717) is 6.54 Å². The van der Waals surface area contributed by atoms with Gasteiger partial charge in [-0.2, -0.15) is 0 Å². The van der Waals surface area contributed by atoms with E-state index in [2.05, 4.69) is 29.2 Å². The number of hydrogen-bond acceptors (Lipinski definition) is 2. The van der Waals surface area contributed by atoms with E-state index in [1.807, 2.05) is 6.92 Å². The van der Waals surface area contributed by atoms with Gasteiger partial charge in [0.25, 0.3) is 0 Å². The molecule has 2 rings (SSSR count). The van der Waals surface area contributed by atoms with Gasteiger partial charge in [0.05, 0.1) is 5.92 Å². The molecule has 0 unspecified atom stereocenters. The van der Waals surface area contributed by atoms with Crippen molar-refractivity contribution in [2.45, 2.75) is 13.3 Å². The summed E-state index contributed by atoms with van der Waals surface area (Å²) >= 11 is 0. The first-order chi connectivity index (χ1) is 7.16. The highest BCUT2D eigenvalue weighted by Gasteiger charge is 2.27. The second-order valence-electron chi connectivity index (χ2n) is 4.11. The molecule has 0 aliphatic carbocycles. The smallest absolute Gasteiger partial charge is 0.308 e. The summed E-state index contributed by atoms with van der Waals surface area (Å²) in [6.07, 6.45) is 0.753. The van der Waals surface area contributed by atoms with Gasteiger partial charge in [-0.3, -0.25) is 4.79 Å². The lowest BCUT2D eigenvalue weighted by atomic mass is 10.1. The van der Waals surface area contributed by atoms with Gasteiger partial charge in [-0.05, 0) is 25.5 Å². The molecule has 0 bridgehead atoms. The molecule has 1 heterocycles. The molecule has 80 valence electrons. The van der Waals surface area contributed by atoms with E-state index in [9.17, 15) is 4.79 Å². The molecule has 1 atom stereocenters. The quantitative estimate of drug-likeness (QED) is 0.801. The number of carboxylic acids is 1. The first-order valence-electron chi connectivity index (χ1n) is 5.21. The van der Waals surface area contributed by atoms with Crippen LogP contribution in [0.3, 0.4) is 0 Å². The molecule has 1 aromatic rings. The number of aryl methyl sites for hydroxylation is 1. The standard InChI is InChI=1S/C12H15NO2/c1-9-2-4-11(5-3-9)13-7-6-10(8-13)12(14)15/h2-5,10H,6-8H2,1H3,(H,14,15)/t10-/m1/s1. The van der Waals surface area contributed by atoms with Gasteiger partial charge in [0.1, 0.15) is 0 Å². The van der Waals surface area contributed by atoms with Crippen LogP contribution in [0.1, 0.15) is 12.0 Å². The van der Waals surface area contributed by atoms with Crippen molar-refractivity contribution in [2.75, 3.05) is 18.0 Å². The van der Waals surface area contributed by atoms with Crippen molar-refractivity contribution in [3.63, 3.8) is 0 Å². The Morgan fingerprint density at radius 3 is 2.60 bits per heavy atom. The summed E-state index contributed by atoms with van der Waals surface area (Å²) in [5.74, 6) is -0.879. The monoisotopic (exact) mass is 205 g/mol. The number of carboxylic acid groups (broad SMARTS) is 1. The number of aliphatic carboxylic acids is 1. The van der Waals surface area contributed by atoms with Crippen LogP contribution in [0.2, 0.25) is 0 Å². The molecule has 0 amide bonds. The lowest BCUT2D eigenvalue weighted by Crippen LogP contribution is -2.22. The van der Waals surface area contributed by atoms with Crippen molar-refractivity contribution < 1.29 is 9.90 Å². The van der Waals surface area contributed by atoms with Gasteiger partial charge in [-0.25, -0.2) is 0 Å². The Morgan fingerprint density at radius 2 is 2.07 bits per heavy atom. The van der Waals surface area contributed by atoms with Crippen molar-refractivity contribution in [1.29, 1.82) is 0 Å². The highest BCUT2D eigenvalue weighted by atomic mass is 16.4. The third-order valence-corrected chi connectivity index (χ3v) is 2.94. The molecule has 1 aliphatic rings. The number of nitrogens with zero attached hydrogens (tertiary/aromatic N) is 1. The molecule has 0 spiro atoms. The van der Waals surface area contributed by atoms with Crippen molar-refractivity contribution >= 4 is 11.7 Å². The Balaban J connectivity index is 2.07. The SMILES string of the molecule is Cc1ccc(N2CC[C@@H](C(=O)O)C2)cc1. The first kappa shape index (κ1) is 10.0. The predicted octanol–water partition coefficient (Wildman–Crippen LogP) is 1.91. The van der Waals surface area contributed by atoms with Gasteiger partial charge in [0.15, 0.2) is 0 Å². The van der Waals surface area contributed by atoms with Crippen LogP contribution >= 0.6 is 0 Å². The molecule has 15 heavy (non-hydrogen) atoms. The summed E-state index contributed by atoms with van der Waals surface area (Å²) in [7, 11) is 0.